The van der Waals surface area contributed by atoms with Gasteiger partial charge in [-0.2, -0.15) is 0 Å². The minimum absolute atomic E-state index is 0.170. The molecule has 4 aliphatic carbocycles. The summed E-state index contributed by atoms with van der Waals surface area (Å²) in [5.74, 6) is 2.83. The van der Waals surface area contributed by atoms with Crippen molar-refractivity contribution in [2.45, 2.75) is 59.3 Å². The van der Waals surface area contributed by atoms with Crippen molar-refractivity contribution in [3.63, 3.8) is 0 Å². The Hall–Kier alpha value is -1.18. The first-order valence-corrected chi connectivity index (χ1v) is 9.30. The Morgan fingerprint density at radius 2 is 1.91 bits per heavy atom. The van der Waals surface area contributed by atoms with Crippen molar-refractivity contribution < 1.29 is 9.59 Å². The zero-order valence-electron chi connectivity index (χ0n) is 14.6. The zero-order chi connectivity index (χ0) is 16.4. The Balaban J connectivity index is 1.72. The Morgan fingerprint density at radius 3 is 2.65 bits per heavy atom. The van der Waals surface area contributed by atoms with Crippen LogP contribution < -0.4 is 0 Å². The van der Waals surface area contributed by atoms with E-state index >= 15 is 0 Å². The second-order valence-electron chi connectivity index (χ2n) is 8.92. The number of rotatable bonds is 1. The van der Waals surface area contributed by atoms with E-state index in [-0.39, 0.29) is 16.7 Å². The molecule has 2 saturated carbocycles. The molecule has 0 aromatic heterocycles. The highest BCUT2D eigenvalue weighted by atomic mass is 16.1. The van der Waals surface area contributed by atoms with Gasteiger partial charge in [-0.3, -0.25) is 9.59 Å². The van der Waals surface area contributed by atoms with Gasteiger partial charge in [0, 0.05) is 12.3 Å². The third kappa shape index (κ3) is 1.99. The van der Waals surface area contributed by atoms with E-state index in [4.69, 9.17) is 0 Å². The van der Waals surface area contributed by atoms with Crippen LogP contribution in [0.3, 0.4) is 0 Å². The number of carbonyl (C=O) groups excluding carboxylic acids is 2. The molecule has 0 radical (unpaired) electrons. The van der Waals surface area contributed by atoms with Crippen LogP contribution in [0.5, 0.6) is 0 Å². The number of ketones is 2. The van der Waals surface area contributed by atoms with E-state index < -0.39 is 0 Å². The summed E-state index contributed by atoms with van der Waals surface area (Å²) >= 11 is 0. The van der Waals surface area contributed by atoms with E-state index in [9.17, 15) is 9.59 Å². The molecule has 0 heterocycles. The van der Waals surface area contributed by atoms with E-state index in [1.807, 2.05) is 6.08 Å². The lowest BCUT2D eigenvalue weighted by Gasteiger charge is -2.55. The maximum atomic E-state index is 12.1. The topological polar surface area (TPSA) is 34.1 Å². The van der Waals surface area contributed by atoms with Gasteiger partial charge in [-0.05, 0) is 79.3 Å². The molecular weight excluding hydrogens is 284 g/mol. The monoisotopic (exact) mass is 312 g/mol. The third-order valence-corrected chi connectivity index (χ3v) is 8.01. The Morgan fingerprint density at radius 1 is 1.13 bits per heavy atom. The molecule has 0 spiro atoms. The number of hydrogen-bond donors (Lipinski definition) is 0. The van der Waals surface area contributed by atoms with Crippen LogP contribution in [0, 0.1) is 34.5 Å². The summed E-state index contributed by atoms with van der Waals surface area (Å²) in [7, 11) is 0. The number of carbonyl (C=O) groups is 2. The van der Waals surface area contributed by atoms with Gasteiger partial charge in [-0.15, -0.1) is 0 Å². The zero-order valence-corrected chi connectivity index (χ0v) is 14.6. The molecule has 0 bridgehead atoms. The molecule has 2 heteroatoms. The lowest BCUT2D eigenvalue weighted by molar-refractivity contribution is -0.127. The van der Waals surface area contributed by atoms with Crippen molar-refractivity contribution in [1.82, 2.24) is 0 Å². The molecule has 0 aliphatic heterocycles. The van der Waals surface area contributed by atoms with Gasteiger partial charge in [-0.1, -0.05) is 26.0 Å². The van der Waals surface area contributed by atoms with Crippen LogP contribution in [-0.4, -0.2) is 11.6 Å². The number of Topliss-reactive ketones (excluding diaryl/α,β-unsaturated/α-hetero) is 1. The third-order valence-electron chi connectivity index (χ3n) is 8.01. The second kappa shape index (κ2) is 4.91. The van der Waals surface area contributed by atoms with Crippen molar-refractivity contribution in [1.29, 1.82) is 0 Å². The maximum absolute atomic E-state index is 12.1. The summed E-state index contributed by atoms with van der Waals surface area (Å²) in [5.41, 5.74) is 1.63. The van der Waals surface area contributed by atoms with Crippen molar-refractivity contribution in [2.24, 2.45) is 34.5 Å². The average molecular weight is 312 g/mol. The van der Waals surface area contributed by atoms with Gasteiger partial charge in [0.2, 0.25) is 0 Å². The molecule has 4 rings (SSSR count). The molecular formula is C21H28O2. The van der Waals surface area contributed by atoms with Gasteiger partial charge in [-0.25, -0.2) is 0 Å². The first-order valence-electron chi connectivity index (χ1n) is 9.30. The van der Waals surface area contributed by atoms with Gasteiger partial charge in [0.15, 0.2) is 5.78 Å². The summed E-state index contributed by atoms with van der Waals surface area (Å²) in [6.45, 7) is 6.54. The quantitative estimate of drug-likeness (QED) is 0.714. The van der Waals surface area contributed by atoms with Gasteiger partial charge < -0.3 is 0 Å². The van der Waals surface area contributed by atoms with Crippen molar-refractivity contribution in [3.05, 3.63) is 23.8 Å². The second-order valence-corrected chi connectivity index (χ2v) is 8.92. The van der Waals surface area contributed by atoms with E-state index in [1.54, 1.807) is 6.92 Å². The van der Waals surface area contributed by atoms with Gasteiger partial charge in [0.05, 0.1) is 0 Å². The van der Waals surface area contributed by atoms with E-state index in [2.05, 4.69) is 26.0 Å². The lowest BCUT2D eigenvalue weighted by atomic mass is 9.48. The smallest absolute Gasteiger partial charge is 0.156 e. The number of hydrogen-bond acceptors (Lipinski definition) is 2. The fourth-order valence-electron chi connectivity index (χ4n) is 6.66. The molecule has 0 aromatic carbocycles. The predicted molar refractivity (Wildman–Crippen MR) is 90.8 cm³/mol. The molecule has 0 amide bonds. The van der Waals surface area contributed by atoms with Gasteiger partial charge >= 0.3 is 0 Å². The van der Waals surface area contributed by atoms with Crippen LogP contribution in [0.1, 0.15) is 59.3 Å². The average Bonchev–Trinajstić information content (AvgIpc) is 2.85. The molecule has 2 fully saturated rings. The van der Waals surface area contributed by atoms with Gasteiger partial charge in [0.25, 0.3) is 0 Å². The van der Waals surface area contributed by atoms with Gasteiger partial charge in [0.1, 0.15) is 5.78 Å². The lowest BCUT2D eigenvalue weighted by Crippen LogP contribution is -2.49. The van der Waals surface area contributed by atoms with Crippen molar-refractivity contribution in [2.75, 3.05) is 0 Å². The number of allylic oxidation sites excluding steroid dienone is 4. The fraction of sp³-hybridized carbons (Fsp3) is 0.714. The summed E-state index contributed by atoms with van der Waals surface area (Å²) in [4.78, 5) is 24.0. The summed E-state index contributed by atoms with van der Waals surface area (Å²) in [6, 6.07) is 0. The highest BCUT2D eigenvalue weighted by Gasteiger charge is 2.58. The number of fused-ring (bicyclic) bond motifs is 5. The standard InChI is InChI=1S/C21H28O2/c1-13(22)17-6-7-18-16-5-4-14-12-15(23)8-10-20(14,2)19(16)9-11-21(17,18)3/h4-5,12,16-19H,6-11H2,1-3H3/t16-,17+,18-,19-,20-,21-/m0/s1. The van der Waals surface area contributed by atoms with Crippen LogP contribution in [0.25, 0.3) is 0 Å². The molecule has 0 unspecified atom stereocenters. The first kappa shape index (κ1) is 15.4. The SMILES string of the molecule is CC(=O)[C@H]1CC[C@H]2[C@@H]3C=CC4=CC(=O)CC[C@]4(C)[C@H]3CC[C@@]12C. The summed E-state index contributed by atoms with van der Waals surface area (Å²) in [5, 5.41) is 0. The molecule has 4 aliphatic rings. The molecule has 0 saturated heterocycles. The first-order chi connectivity index (χ1) is 10.9. The minimum Gasteiger partial charge on any atom is -0.300 e. The van der Waals surface area contributed by atoms with Crippen molar-refractivity contribution >= 4 is 11.6 Å². The summed E-state index contributed by atoms with van der Waals surface area (Å²) in [6.07, 6.45) is 12.9. The molecule has 0 aromatic rings. The highest BCUT2D eigenvalue weighted by Crippen LogP contribution is 2.65. The highest BCUT2D eigenvalue weighted by molar-refractivity contribution is 5.92. The molecule has 23 heavy (non-hydrogen) atoms. The van der Waals surface area contributed by atoms with Crippen LogP contribution in [0.2, 0.25) is 0 Å². The van der Waals surface area contributed by atoms with Crippen LogP contribution in [-0.2, 0) is 9.59 Å². The Bertz CT molecular complexity index is 628. The fourth-order valence-corrected chi connectivity index (χ4v) is 6.66. The van der Waals surface area contributed by atoms with Crippen LogP contribution >= 0.6 is 0 Å². The Labute approximate surface area is 139 Å². The molecule has 6 atom stereocenters. The van der Waals surface area contributed by atoms with E-state index in [1.165, 1.54) is 24.8 Å². The Kier molecular flexibility index (Phi) is 3.28. The largest absolute Gasteiger partial charge is 0.300 e. The van der Waals surface area contributed by atoms with Crippen LogP contribution in [0.15, 0.2) is 23.8 Å². The van der Waals surface area contributed by atoms with E-state index in [0.717, 1.165) is 12.8 Å². The summed E-state index contributed by atoms with van der Waals surface area (Å²) < 4.78 is 0. The molecule has 2 nitrogen and oxygen atoms in total. The van der Waals surface area contributed by atoms with E-state index in [0.29, 0.717) is 35.7 Å². The molecule has 124 valence electrons. The normalized spacial score (nSPS) is 48.3. The van der Waals surface area contributed by atoms with Crippen molar-refractivity contribution in [3.8, 4) is 0 Å². The van der Waals surface area contributed by atoms with Crippen LogP contribution in [0.4, 0.5) is 0 Å². The predicted octanol–water partition coefficient (Wildman–Crippen LogP) is 4.50. The molecule has 0 N–H and O–H groups in total. The maximum Gasteiger partial charge on any atom is 0.156 e. The minimum atomic E-state index is 0.170.